The lowest BCUT2D eigenvalue weighted by atomic mass is 10.0. The summed E-state index contributed by atoms with van der Waals surface area (Å²) in [4.78, 5) is 5.76. The molecule has 0 amide bonds. The highest BCUT2D eigenvalue weighted by molar-refractivity contribution is 14.0. The minimum atomic E-state index is -4.19. The van der Waals surface area contributed by atoms with E-state index in [0.29, 0.717) is 43.5 Å². The predicted molar refractivity (Wildman–Crippen MR) is 108 cm³/mol. The molecule has 6 nitrogen and oxygen atoms in total. The number of aryl methyl sites for hydroxylation is 1. The number of halogens is 4. The molecule has 2 heterocycles. The molecule has 0 aliphatic carbocycles. The molecule has 10 heteroatoms. The molecule has 156 valence electrons. The minimum Gasteiger partial charge on any atom is -0.463 e. The average Bonchev–Trinajstić information content (AvgIpc) is 3.13. The molecule has 2 rings (SSSR count). The van der Waals surface area contributed by atoms with Crippen LogP contribution in [0.15, 0.2) is 21.5 Å². The Kier molecular flexibility index (Phi) is 8.87. The number of furan rings is 1. The van der Waals surface area contributed by atoms with Crippen LogP contribution in [0.1, 0.15) is 31.8 Å². The Morgan fingerprint density at radius 2 is 2.11 bits per heavy atom. The lowest BCUT2D eigenvalue weighted by molar-refractivity contribution is -0.143. The number of nitrogens with one attached hydrogen (secondary N) is 2. The third kappa shape index (κ3) is 7.86. The van der Waals surface area contributed by atoms with Gasteiger partial charge in [-0.05, 0) is 39.3 Å². The van der Waals surface area contributed by atoms with E-state index >= 15 is 0 Å². The summed E-state index contributed by atoms with van der Waals surface area (Å²) in [5.41, 5.74) is -1.27. The number of guanidine groups is 1. The fourth-order valence-corrected chi connectivity index (χ4v) is 2.90. The molecule has 1 aromatic rings. The second-order valence-electron chi connectivity index (χ2n) is 6.86. The van der Waals surface area contributed by atoms with Gasteiger partial charge in [0.25, 0.3) is 0 Å². The van der Waals surface area contributed by atoms with Crippen LogP contribution >= 0.6 is 24.0 Å². The van der Waals surface area contributed by atoms with E-state index in [2.05, 4.69) is 15.6 Å². The summed E-state index contributed by atoms with van der Waals surface area (Å²) in [6.07, 6.45) is -3.58. The van der Waals surface area contributed by atoms with Gasteiger partial charge in [-0.15, -0.1) is 24.0 Å². The number of hydrogen-bond donors (Lipinski definition) is 3. The molecule has 0 radical (unpaired) electrons. The Morgan fingerprint density at radius 1 is 1.41 bits per heavy atom. The zero-order valence-corrected chi connectivity index (χ0v) is 18.1. The molecule has 3 N–H and O–H groups in total. The van der Waals surface area contributed by atoms with E-state index in [1.807, 2.05) is 6.92 Å². The van der Waals surface area contributed by atoms with Gasteiger partial charge < -0.3 is 20.2 Å². The Balaban J connectivity index is 0.00000364. The van der Waals surface area contributed by atoms with Gasteiger partial charge in [-0.1, -0.05) is 0 Å². The van der Waals surface area contributed by atoms with Crippen LogP contribution in [0.4, 0.5) is 13.2 Å². The number of rotatable bonds is 6. The van der Waals surface area contributed by atoms with E-state index in [-0.39, 0.29) is 36.6 Å². The maximum absolute atomic E-state index is 12.5. The summed E-state index contributed by atoms with van der Waals surface area (Å²) in [6, 6.07) is 3.35. The highest BCUT2D eigenvalue weighted by atomic mass is 127. The maximum atomic E-state index is 12.5. The van der Waals surface area contributed by atoms with Crippen molar-refractivity contribution in [2.45, 2.75) is 45.0 Å². The first-order valence-corrected chi connectivity index (χ1v) is 8.72. The normalized spacial score (nSPS) is 20.9. The largest absolute Gasteiger partial charge is 0.463 e. The van der Waals surface area contributed by atoms with E-state index in [1.165, 1.54) is 4.90 Å². The summed E-state index contributed by atoms with van der Waals surface area (Å²) < 4.78 is 43.0. The molecule has 1 aromatic heterocycles. The fraction of sp³-hybridized carbons (Fsp3) is 0.706. The molecule has 0 aromatic carbocycles. The second-order valence-corrected chi connectivity index (χ2v) is 6.86. The standard InChI is InChI=1S/C17H27F3N4O2.HI/c1-4-21-15(22-10-16(3,25)14-6-5-12(2)26-14)23-13-7-8-24(9-13)11-17(18,19)20;/h5-6,13,25H,4,7-11H2,1-3H3,(H2,21,22,23);1H. The Hall–Kier alpha value is -1.01. The van der Waals surface area contributed by atoms with Gasteiger partial charge in [0.05, 0.1) is 13.1 Å². The lowest BCUT2D eigenvalue weighted by Gasteiger charge is -2.22. The number of aliphatic imine (C=N–C) groups is 1. The van der Waals surface area contributed by atoms with Gasteiger partial charge in [-0.25, -0.2) is 4.99 Å². The number of aliphatic hydroxyl groups is 1. The third-order valence-corrected chi connectivity index (χ3v) is 4.18. The zero-order valence-electron chi connectivity index (χ0n) is 15.8. The van der Waals surface area contributed by atoms with Crippen LogP contribution in [0.5, 0.6) is 0 Å². The molecule has 0 spiro atoms. The van der Waals surface area contributed by atoms with Crippen molar-refractivity contribution in [3.8, 4) is 0 Å². The van der Waals surface area contributed by atoms with Crippen molar-refractivity contribution in [2.24, 2.45) is 4.99 Å². The quantitative estimate of drug-likeness (QED) is 0.316. The van der Waals surface area contributed by atoms with Crippen LogP contribution in [0, 0.1) is 6.92 Å². The van der Waals surface area contributed by atoms with Gasteiger partial charge in [0.1, 0.15) is 17.1 Å². The summed E-state index contributed by atoms with van der Waals surface area (Å²) in [6.45, 7) is 5.76. The SMILES string of the molecule is CCNC(=NCC(C)(O)c1ccc(C)o1)NC1CCN(CC(F)(F)F)C1.I. The van der Waals surface area contributed by atoms with Crippen LogP contribution in [0.25, 0.3) is 0 Å². The topological polar surface area (TPSA) is 73.0 Å². The number of nitrogens with zero attached hydrogens (tertiary/aromatic N) is 2. The maximum Gasteiger partial charge on any atom is 0.401 e. The van der Waals surface area contributed by atoms with Crippen molar-refractivity contribution in [1.82, 2.24) is 15.5 Å². The fourth-order valence-electron chi connectivity index (χ4n) is 2.90. The zero-order chi connectivity index (χ0) is 19.4. The summed E-state index contributed by atoms with van der Waals surface area (Å²) in [5, 5.41) is 16.8. The van der Waals surface area contributed by atoms with Crippen LogP contribution in [-0.2, 0) is 5.60 Å². The van der Waals surface area contributed by atoms with Crippen LogP contribution in [0.2, 0.25) is 0 Å². The van der Waals surface area contributed by atoms with Crippen molar-refractivity contribution >= 4 is 29.9 Å². The number of likely N-dealkylation sites (tertiary alicyclic amines) is 1. The molecule has 0 saturated carbocycles. The molecule has 1 aliphatic heterocycles. The number of hydrogen-bond acceptors (Lipinski definition) is 4. The summed E-state index contributed by atoms with van der Waals surface area (Å²) >= 11 is 0. The van der Waals surface area contributed by atoms with Crippen LogP contribution in [-0.4, -0.2) is 60.9 Å². The summed E-state index contributed by atoms with van der Waals surface area (Å²) in [7, 11) is 0. The van der Waals surface area contributed by atoms with Crippen LogP contribution in [0.3, 0.4) is 0 Å². The monoisotopic (exact) mass is 504 g/mol. The molecule has 1 fully saturated rings. The van der Waals surface area contributed by atoms with E-state index in [0.717, 1.165) is 0 Å². The highest BCUT2D eigenvalue weighted by Crippen LogP contribution is 2.23. The van der Waals surface area contributed by atoms with Gasteiger partial charge in [0.15, 0.2) is 5.96 Å². The van der Waals surface area contributed by atoms with Gasteiger partial charge >= 0.3 is 6.18 Å². The van der Waals surface area contributed by atoms with Crippen LogP contribution < -0.4 is 10.6 Å². The molecular weight excluding hydrogens is 476 g/mol. The van der Waals surface area contributed by atoms with E-state index < -0.39 is 18.3 Å². The van der Waals surface area contributed by atoms with Crippen molar-refractivity contribution in [3.05, 3.63) is 23.7 Å². The van der Waals surface area contributed by atoms with Gasteiger partial charge in [0.2, 0.25) is 0 Å². The van der Waals surface area contributed by atoms with E-state index in [1.54, 1.807) is 26.0 Å². The molecular formula is C17H28F3IN4O2. The average molecular weight is 504 g/mol. The Morgan fingerprint density at radius 3 is 2.67 bits per heavy atom. The number of alkyl halides is 3. The molecule has 27 heavy (non-hydrogen) atoms. The Labute approximate surface area is 174 Å². The molecule has 2 atom stereocenters. The molecule has 2 unspecified atom stereocenters. The first kappa shape index (κ1) is 24.0. The first-order chi connectivity index (χ1) is 12.1. The van der Waals surface area contributed by atoms with Crippen molar-refractivity contribution in [2.75, 3.05) is 32.7 Å². The van der Waals surface area contributed by atoms with Crippen molar-refractivity contribution in [3.63, 3.8) is 0 Å². The summed E-state index contributed by atoms with van der Waals surface area (Å²) in [5.74, 6) is 1.59. The lowest BCUT2D eigenvalue weighted by Crippen LogP contribution is -2.45. The minimum absolute atomic E-state index is 0. The second kappa shape index (κ2) is 9.97. The molecule has 0 bridgehead atoms. The van der Waals surface area contributed by atoms with Gasteiger partial charge in [-0.2, -0.15) is 13.2 Å². The predicted octanol–water partition coefficient (Wildman–Crippen LogP) is 2.61. The third-order valence-electron chi connectivity index (χ3n) is 4.18. The molecule has 1 saturated heterocycles. The van der Waals surface area contributed by atoms with Gasteiger partial charge in [0, 0.05) is 25.7 Å². The Bertz CT molecular complexity index is 620. The highest BCUT2D eigenvalue weighted by Gasteiger charge is 2.34. The smallest absolute Gasteiger partial charge is 0.401 e. The first-order valence-electron chi connectivity index (χ1n) is 8.72. The van der Waals surface area contributed by atoms with Crippen molar-refractivity contribution in [1.29, 1.82) is 0 Å². The van der Waals surface area contributed by atoms with Gasteiger partial charge in [-0.3, -0.25) is 4.90 Å². The van der Waals surface area contributed by atoms with Crippen molar-refractivity contribution < 1.29 is 22.7 Å². The molecule has 1 aliphatic rings. The van der Waals surface area contributed by atoms with E-state index in [9.17, 15) is 18.3 Å². The van der Waals surface area contributed by atoms with E-state index in [4.69, 9.17) is 4.42 Å².